The van der Waals surface area contributed by atoms with Crippen LogP contribution in [0.3, 0.4) is 0 Å². The maximum absolute atomic E-state index is 12.4. The number of benzene rings is 2. The zero-order valence-electron chi connectivity index (χ0n) is 16.7. The van der Waals surface area contributed by atoms with E-state index in [-0.39, 0.29) is 17.7 Å². The van der Waals surface area contributed by atoms with Crippen molar-refractivity contribution in [3.8, 4) is 0 Å². The van der Waals surface area contributed by atoms with Gasteiger partial charge in [0, 0.05) is 24.7 Å². The Morgan fingerprint density at radius 2 is 1.79 bits per heavy atom. The van der Waals surface area contributed by atoms with Crippen molar-refractivity contribution in [2.75, 3.05) is 0 Å². The third-order valence-electron chi connectivity index (χ3n) is 4.32. The SMILES string of the molecule is CCn1nnc2cc(C(=O)NCc3ccc(CS(=O)(=O)NC(C)C)cc3)ccc21. The van der Waals surface area contributed by atoms with Crippen LogP contribution < -0.4 is 10.0 Å². The second kappa shape index (κ2) is 8.71. The van der Waals surface area contributed by atoms with Crippen LogP contribution in [-0.2, 0) is 28.9 Å². The number of nitrogens with one attached hydrogen (secondary N) is 2. The molecule has 8 nitrogen and oxygen atoms in total. The summed E-state index contributed by atoms with van der Waals surface area (Å²) in [6.45, 7) is 6.61. The molecule has 3 rings (SSSR count). The van der Waals surface area contributed by atoms with E-state index in [4.69, 9.17) is 0 Å². The fourth-order valence-electron chi connectivity index (χ4n) is 3.00. The molecule has 0 aliphatic rings. The van der Waals surface area contributed by atoms with Crippen molar-refractivity contribution in [1.82, 2.24) is 25.0 Å². The Kier molecular flexibility index (Phi) is 6.29. The number of carbonyl (C=O) groups excluding carboxylic acids is 1. The summed E-state index contributed by atoms with van der Waals surface area (Å²) in [6.07, 6.45) is 0. The van der Waals surface area contributed by atoms with Crippen LogP contribution in [0.4, 0.5) is 0 Å². The van der Waals surface area contributed by atoms with Crippen LogP contribution in [0.15, 0.2) is 42.5 Å². The van der Waals surface area contributed by atoms with Gasteiger partial charge in [-0.3, -0.25) is 4.79 Å². The molecule has 0 fully saturated rings. The van der Waals surface area contributed by atoms with Crippen LogP contribution in [0.1, 0.15) is 42.3 Å². The van der Waals surface area contributed by atoms with E-state index in [0.29, 0.717) is 29.7 Å². The van der Waals surface area contributed by atoms with Crippen LogP contribution >= 0.6 is 0 Å². The van der Waals surface area contributed by atoms with Gasteiger partial charge < -0.3 is 5.32 Å². The highest BCUT2D eigenvalue weighted by molar-refractivity contribution is 7.88. The standard InChI is InChI=1S/C20H25N5O3S/c1-4-25-19-10-9-17(11-18(19)22-24-25)20(26)21-12-15-5-7-16(8-6-15)13-29(27,28)23-14(2)3/h5-11,14,23H,4,12-13H2,1-3H3,(H,21,26). The zero-order valence-corrected chi connectivity index (χ0v) is 17.5. The van der Waals surface area contributed by atoms with E-state index >= 15 is 0 Å². The minimum Gasteiger partial charge on any atom is -0.348 e. The highest BCUT2D eigenvalue weighted by Crippen LogP contribution is 2.14. The number of aryl methyl sites for hydroxylation is 1. The maximum atomic E-state index is 12.4. The highest BCUT2D eigenvalue weighted by Gasteiger charge is 2.13. The molecule has 1 heterocycles. The number of rotatable bonds is 8. The molecular formula is C20H25N5O3S. The molecule has 3 aromatic rings. The maximum Gasteiger partial charge on any atom is 0.251 e. The minimum absolute atomic E-state index is 0.0731. The summed E-state index contributed by atoms with van der Waals surface area (Å²) in [4.78, 5) is 12.4. The molecule has 154 valence electrons. The third-order valence-corrected chi connectivity index (χ3v) is 5.87. The van der Waals surface area contributed by atoms with Crippen LogP contribution in [-0.4, -0.2) is 35.4 Å². The Balaban J connectivity index is 1.60. The molecule has 2 aromatic carbocycles. The molecule has 2 N–H and O–H groups in total. The number of amides is 1. The summed E-state index contributed by atoms with van der Waals surface area (Å²) >= 11 is 0. The van der Waals surface area contributed by atoms with Crippen molar-refractivity contribution in [3.05, 3.63) is 59.2 Å². The summed E-state index contributed by atoms with van der Waals surface area (Å²) in [5.74, 6) is -0.276. The van der Waals surface area contributed by atoms with Gasteiger partial charge in [-0.1, -0.05) is 29.5 Å². The largest absolute Gasteiger partial charge is 0.348 e. The predicted molar refractivity (Wildman–Crippen MR) is 112 cm³/mol. The van der Waals surface area contributed by atoms with Gasteiger partial charge in [0.1, 0.15) is 5.52 Å². The fourth-order valence-corrected chi connectivity index (χ4v) is 4.44. The first-order chi connectivity index (χ1) is 13.8. The Labute approximate surface area is 170 Å². The summed E-state index contributed by atoms with van der Waals surface area (Å²) in [6, 6.07) is 12.3. The lowest BCUT2D eigenvalue weighted by molar-refractivity contribution is 0.0951. The van der Waals surface area contributed by atoms with Crippen molar-refractivity contribution in [2.24, 2.45) is 0 Å². The van der Waals surface area contributed by atoms with Crippen molar-refractivity contribution in [1.29, 1.82) is 0 Å². The smallest absolute Gasteiger partial charge is 0.251 e. The van der Waals surface area contributed by atoms with E-state index in [1.54, 1.807) is 42.8 Å². The first kappa shape index (κ1) is 20.9. The molecule has 1 amide bonds. The summed E-state index contributed by atoms with van der Waals surface area (Å²) in [5.41, 5.74) is 3.66. The molecule has 0 atom stereocenters. The molecule has 0 radical (unpaired) electrons. The number of sulfonamides is 1. The van der Waals surface area contributed by atoms with Crippen molar-refractivity contribution < 1.29 is 13.2 Å². The third kappa shape index (κ3) is 5.39. The quantitative estimate of drug-likeness (QED) is 0.587. The van der Waals surface area contributed by atoms with E-state index in [2.05, 4.69) is 20.4 Å². The number of hydrogen-bond acceptors (Lipinski definition) is 5. The minimum atomic E-state index is -3.36. The van der Waals surface area contributed by atoms with E-state index in [9.17, 15) is 13.2 Å². The molecule has 1 aromatic heterocycles. The number of hydrogen-bond donors (Lipinski definition) is 2. The van der Waals surface area contributed by atoms with Gasteiger partial charge in [-0.15, -0.1) is 5.10 Å². The summed E-state index contributed by atoms with van der Waals surface area (Å²) in [5, 5.41) is 11.0. The van der Waals surface area contributed by atoms with Gasteiger partial charge in [0.25, 0.3) is 5.91 Å². The number of fused-ring (bicyclic) bond motifs is 1. The van der Waals surface area contributed by atoms with Gasteiger partial charge >= 0.3 is 0 Å². The first-order valence-electron chi connectivity index (χ1n) is 9.46. The van der Waals surface area contributed by atoms with Crippen LogP contribution in [0.25, 0.3) is 11.0 Å². The lowest BCUT2D eigenvalue weighted by Gasteiger charge is -2.10. The number of carbonyl (C=O) groups is 1. The molecule has 0 bridgehead atoms. The van der Waals surface area contributed by atoms with Crippen LogP contribution in [0.2, 0.25) is 0 Å². The average molecular weight is 416 g/mol. The van der Waals surface area contributed by atoms with Crippen molar-refractivity contribution in [2.45, 2.75) is 45.7 Å². The molecule has 0 aliphatic carbocycles. The fraction of sp³-hybridized carbons (Fsp3) is 0.350. The van der Waals surface area contributed by atoms with E-state index < -0.39 is 10.0 Å². The Hall–Kier alpha value is -2.78. The second-order valence-electron chi connectivity index (χ2n) is 7.14. The van der Waals surface area contributed by atoms with E-state index in [0.717, 1.165) is 11.1 Å². The molecule has 0 spiro atoms. The first-order valence-corrected chi connectivity index (χ1v) is 11.1. The lowest BCUT2D eigenvalue weighted by Crippen LogP contribution is -2.31. The second-order valence-corrected chi connectivity index (χ2v) is 8.89. The van der Waals surface area contributed by atoms with E-state index in [1.807, 2.05) is 25.1 Å². The van der Waals surface area contributed by atoms with Crippen LogP contribution in [0.5, 0.6) is 0 Å². The molecule has 0 saturated carbocycles. The Bertz CT molecular complexity index is 1100. The number of aromatic nitrogens is 3. The molecule has 0 saturated heterocycles. The molecular weight excluding hydrogens is 390 g/mol. The molecule has 0 aliphatic heterocycles. The molecule has 0 unspecified atom stereocenters. The monoisotopic (exact) mass is 415 g/mol. The van der Waals surface area contributed by atoms with Gasteiger partial charge in [0.05, 0.1) is 11.3 Å². The Morgan fingerprint density at radius 3 is 2.45 bits per heavy atom. The van der Waals surface area contributed by atoms with Crippen LogP contribution in [0, 0.1) is 0 Å². The lowest BCUT2D eigenvalue weighted by atomic mass is 10.1. The van der Waals surface area contributed by atoms with Gasteiger partial charge in [0.15, 0.2) is 0 Å². The van der Waals surface area contributed by atoms with Crippen molar-refractivity contribution in [3.63, 3.8) is 0 Å². The van der Waals surface area contributed by atoms with Gasteiger partial charge in [-0.2, -0.15) is 0 Å². The number of nitrogens with zero attached hydrogens (tertiary/aromatic N) is 3. The molecule has 9 heteroatoms. The topological polar surface area (TPSA) is 106 Å². The van der Waals surface area contributed by atoms with Gasteiger partial charge in [-0.25, -0.2) is 17.8 Å². The summed E-state index contributed by atoms with van der Waals surface area (Å²) < 4.78 is 28.3. The average Bonchev–Trinajstić information content (AvgIpc) is 3.08. The summed E-state index contributed by atoms with van der Waals surface area (Å²) in [7, 11) is -3.36. The van der Waals surface area contributed by atoms with Crippen molar-refractivity contribution >= 4 is 27.0 Å². The highest BCUT2D eigenvalue weighted by atomic mass is 32.2. The normalized spacial score (nSPS) is 11.9. The molecule has 29 heavy (non-hydrogen) atoms. The van der Waals surface area contributed by atoms with E-state index in [1.165, 1.54) is 0 Å². The van der Waals surface area contributed by atoms with Gasteiger partial charge in [0.2, 0.25) is 10.0 Å². The predicted octanol–water partition coefficient (Wildman–Crippen LogP) is 2.21. The van der Waals surface area contributed by atoms with Gasteiger partial charge in [-0.05, 0) is 50.1 Å². The Morgan fingerprint density at radius 1 is 1.10 bits per heavy atom. The zero-order chi connectivity index (χ0) is 21.0.